The molecule has 0 aliphatic rings. The smallest absolute Gasteiger partial charge is 0.358 e. The number of benzene rings is 1. The zero-order chi connectivity index (χ0) is 14.7. The summed E-state index contributed by atoms with van der Waals surface area (Å²) in [5.74, 6) is 0.584. The molecule has 6 heteroatoms. The Hall–Kier alpha value is -1.57. The molecule has 2 aromatic rings. The highest BCUT2D eigenvalue weighted by molar-refractivity contribution is 14.1. The van der Waals surface area contributed by atoms with Gasteiger partial charge < -0.3 is 14.4 Å². The van der Waals surface area contributed by atoms with Crippen molar-refractivity contribution in [3.63, 3.8) is 0 Å². The zero-order valence-electron chi connectivity index (χ0n) is 11.1. The molecule has 0 saturated carbocycles. The molecule has 20 heavy (non-hydrogen) atoms. The monoisotopic (exact) mass is 387 g/mol. The maximum Gasteiger partial charge on any atom is 0.358 e. The summed E-state index contributed by atoms with van der Waals surface area (Å²) in [6.07, 6.45) is 0. The molecule has 0 bridgehead atoms. The van der Waals surface area contributed by atoms with Crippen LogP contribution in [0.3, 0.4) is 0 Å². The van der Waals surface area contributed by atoms with E-state index >= 15 is 0 Å². The Morgan fingerprint density at radius 2 is 2.20 bits per heavy atom. The van der Waals surface area contributed by atoms with Crippen LogP contribution in [0.25, 0.3) is 11.3 Å². The third kappa shape index (κ3) is 3.50. The van der Waals surface area contributed by atoms with Crippen molar-refractivity contribution in [2.45, 2.75) is 13.8 Å². The van der Waals surface area contributed by atoms with E-state index in [1.54, 1.807) is 0 Å². The van der Waals surface area contributed by atoms with Crippen molar-refractivity contribution in [1.82, 2.24) is 5.16 Å². The largest absolute Gasteiger partial charge is 0.492 e. The minimum atomic E-state index is -1.11. The van der Waals surface area contributed by atoms with E-state index in [0.717, 1.165) is 14.9 Å². The van der Waals surface area contributed by atoms with Crippen molar-refractivity contribution >= 4 is 28.6 Å². The summed E-state index contributed by atoms with van der Waals surface area (Å²) in [4.78, 5) is 10.8. The lowest BCUT2D eigenvalue weighted by atomic mass is 10.1. The number of rotatable bonds is 5. The van der Waals surface area contributed by atoms with E-state index in [9.17, 15) is 4.79 Å². The molecule has 1 aromatic heterocycles. The van der Waals surface area contributed by atoms with Crippen molar-refractivity contribution in [3.05, 3.63) is 33.5 Å². The zero-order valence-corrected chi connectivity index (χ0v) is 13.2. The van der Waals surface area contributed by atoms with Crippen molar-refractivity contribution in [3.8, 4) is 17.1 Å². The van der Waals surface area contributed by atoms with Crippen LogP contribution in [-0.4, -0.2) is 22.8 Å². The van der Waals surface area contributed by atoms with Crippen LogP contribution in [0.15, 0.2) is 28.8 Å². The van der Waals surface area contributed by atoms with E-state index in [1.807, 2.05) is 18.2 Å². The SMILES string of the molecule is CC(C)COc1ccc(-c2cc(C(=O)O)no2)cc1I. The third-order valence-corrected chi connectivity index (χ3v) is 3.36. The number of carbonyl (C=O) groups is 1. The molecule has 0 radical (unpaired) electrons. The first-order valence-corrected chi connectivity index (χ1v) is 7.18. The number of carboxylic acid groups (broad SMARTS) is 1. The Morgan fingerprint density at radius 1 is 1.45 bits per heavy atom. The average Bonchev–Trinajstić information content (AvgIpc) is 2.86. The number of halogens is 1. The summed E-state index contributed by atoms with van der Waals surface area (Å²) in [6.45, 7) is 4.83. The number of aromatic carboxylic acids is 1. The number of hydrogen-bond acceptors (Lipinski definition) is 4. The Morgan fingerprint density at radius 3 is 2.75 bits per heavy atom. The van der Waals surface area contributed by atoms with Crippen LogP contribution in [0.1, 0.15) is 24.3 Å². The molecule has 2 rings (SSSR count). The molecule has 0 amide bonds. The fourth-order valence-corrected chi connectivity index (χ4v) is 2.21. The van der Waals surface area contributed by atoms with E-state index in [2.05, 4.69) is 41.6 Å². The predicted molar refractivity (Wildman–Crippen MR) is 81.9 cm³/mol. The number of aromatic nitrogens is 1. The van der Waals surface area contributed by atoms with Crippen molar-refractivity contribution in [2.24, 2.45) is 5.92 Å². The van der Waals surface area contributed by atoms with Gasteiger partial charge in [0.2, 0.25) is 0 Å². The van der Waals surface area contributed by atoms with E-state index in [1.165, 1.54) is 6.07 Å². The molecule has 1 aromatic carbocycles. The highest BCUT2D eigenvalue weighted by Gasteiger charge is 2.13. The Kier molecular flexibility index (Phi) is 4.64. The second kappa shape index (κ2) is 6.25. The normalized spacial score (nSPS) is 10.8. The van der Waals surface area contributed by atoms with Crippen LogP contribution < -0.4 is 4.74 Å². The van der Waals surface area contributed by atoms with Gasteiger partial charge >= 0.3 is 5.97 Å². The predicted octanol–water partition coefficient (Wildman–Crippen LogP) is 3.68. The molecule has 0 aliphatic carbocycles. The summed E-state index contributed by atoms with van der Waals surface area (Å²) in [7, 11) is 0. The molecule has 5 nitrogen and oxygen atoms in total. The molecule has 106 valence electrons. The van der Waals surface area contributed by atoms with E-state index in [4.69, 9.17) is 14.4 Å². The van der Waals surface area contributed by atoms with Gasteiger partial charge in [0.1, 0.15) is 5.75 Å². The number of nitrogens with zero attached hydrogens (tertiary/aromatic N) is 1. The van der Waals surface area contributed by atoms with Gasteiger partial charge in [0.15, 0.2) is 11.5 Å². The summed E-state index contributed by atoms with van der Waals surface area (Å²) < 4.78 is 11.7. The highest BCUT2D eigenvalue weighted by Crippen LogP contribution is 2.28. The first-order chi connectivity index (χ1) is 9.47. The van der Waals surface area contributed by atoms with Gasteiger partial charge in [0, 0.05) is 11.6 Å². The summed E-state index contributed by atoms with van der Waals surface area (Å²) in [5, 5.41) is 12.3. The molecule has 0 saturated heterocycles. The standard InChI is InChI=1S/C14H14INO4/c1-8(2)7-19-12-4-3-9(5-10(12)15)13-6-11(14(17)18)16-20-13/h3-6,8H,7H2,1-2H3,(H,17,18). The minimum Gasteiger partial charge on any atom is -0.492 e. The topological polar surface area (TPSA) is 72.6 Å². The molecule has 0 unspecified atom stereocenters. The van der Waals surface area contributed by atoms with Gasteiger partial charge in [-0.15, -0.1) is 0 Å². The van der Waals surface area contributed by atoms with Gasteiger partial charge in [-0.1, -0.05) is 19.0 Å². The fourth-order valence-electron chi connectivity index (χ4n) is 1.54. The van der Waals surface area contributed by atoms with Gasteiger partial charge in [-0.3, -0.25) is 0 Å². The molecule has 0 aliphatic heterocycles. The van der Waals surface area contributed by atoms with Crippen LogP contribution >= 0.6 is 22.6 Å². The van der Waals surface area contributed by atoms with Gasteiger partial charge in [0.05, 0.1) is 10.2 Å². The maximum atomic E-state index is 10.8. The second-order valence-corrected chi connectivity index (χ2v) is 5.89. The lowest BCUT2D eigenvalue weighted by Crippen LogP contribution is -2.05. The van der Waals surface area contributed by atoms with E-state index in [0.29, 0.717) is 18.3 Å². The lowest BCUT2D eigenvalue weighted by Gasteiger charge is -2.10. The Bertz CT molecular complexity index is 621. The van der Waals surface area contributed by atoms with Crippen LogP contribution in [0.5, 0.6) is 5.75 Å². The first-order valence-electron chi connectivity index (χ1n) is 6.10. The van der Waals surface area contributed by atoms with Crippen LogP contribution in [0, 0.1) is 9.49 Å². The lowest BCUT2D eigenvalue weighted by molar-refractivity contribution is 0.0686. The van der Waals surface area contributed by atoms with Gasteiger partial charge in [-0.2, -0.15) is 0 Å². The van der Waals surface area contributed by atoms with Gasteiger partial charge in [-0.25, -0.2) is 4.79 Å². The van der Waals surface area contributed by atoms with Gasteiger partial charge in [-0.05, 0) is 46.7 Å². The fraction of sp³-hybridized carbons (Fsp3) is 0.286. The minimum absolute atomic E-state index is 0.102. The Balaban J connectivity index is 2.21. The number of carboxylic acids is 1. The summed E-state index contributed by atoms with van der Waals surface area (Å²) in [5.41, 5.74) is 0.668. The third-order valence-electron chi connectivity index (χ3n) is 2.52. The van der Waals surface area contributed by atoms with Crippen molar-refractivity contribution < 1.29 is 19.2 Å². The summed E-state index contributed by atoms with van der Waals surface area (Å²) >= 11 is 2.18. The number of ether oxygens (including phenoxy) is 1. The van der Waals surface area contributed by atoms with E-state index < -0.39 is 5.97 Å². The number of hydrogen-bond donors (Lipinski definition) is 1. The molecule has 1 N–H and O–H groups in total. The maximum absolute atomic E-state index is 10.8. The molecule has 1 heterocycles. The van der Waals surface area contributed by atoms with Crippen molar-refractivity contribution in [1.29, 1.82) is 0 Å². The molecule has 0 spiro atoms. The van der Waals surface area contributed by atoms with Crippen LogP contribution in [0.2, 0.25) is 0 Å². The average molecular weight is 387 g/mol. The summed E-state index contributed by atoms with van der Waals surface area (Å²) in [6, 6.07) is 6.96. The second-order valence-electron chi connectivity index (χ2n) is 4.73. The van der Waals surface area contributed by atoms with Crippen LogP contribution in [0.4, 0.5) is 0 Å². The molecule has 0 atom stereocenters. The Labute approximate surface area is 130 Å². The first kappa shape index (κ1) is 14.8. The van der Waals surface area contributed by atoms with Gasteiger partial charge in [0.25, 0.3) is 0 Å². The highest BCUT2D eigenvalue weighted by atomic mass is 127. The molecular formula is C14H14INO4. The van der Waals surface area contributed by atoms with Crippen LogP contribution in [-0.2, 0) is 0 Å². The molecule has 0 fully saturated rings. The quantitative estimate of drug-likeness (QED) is 0.793. The molecular weight excluding hydrogens is 373 g/mol. The van der Waals surface area contributed by atoms with E-state index in [-0.39, 0.29) is 5.69 Å². The van der Waals surface area contributed by atoms with Crippen molar-refractivity contribution in [2.75, 3.05) is 6.61 Å².